The number of rotatable bonds is 6. The van der Waals surface area contributed by atoms with E-state index in [1.54, 1.807) is 41.3 Å². The summed E-state index contributed by atoms with van der Waals surface area (Å²) in [6.07, 6.45) is 1.11. The van der Waals surface area contributed by atoms with Crippen molar-refractivity contribution < 1.29 is 28.6 Å². The van der Waals surface area contributed by atoms with Crippen LogP contribution < -0.4 is 19.7 Å². The van der Waals surface area contributed by atoms with E-state index < -0.39 is 6.17 Å². The number of anilines is 1. The first-order valence-corrected chi connectivity index (χ1v) is 10.9. The van der Waals surface area contributed by atoms with Crippen LogP contribution >= 0.6 is 0 Å². The average Bonchev–Trinajstić information content (AvgIpc) is 3.46. The Bertz CT molecular complexity index is 1130. The second-order valence-corrected chi connectivity index (χ2v) is 8.20. The highest BCUT2D eigenvalue weighted by Gasteiger charge is 2.50. The van der Waals surface area contributed by atoms with Gasteiger partial charge in [-0.1, -0.05) is 18.2 Å². The van der Waals surface area contributed by atoms with Gasteiger partial charge in [-0.3, -0.25) is 19.3 Å². The smallest absolute Gasteiger partial charge is 0.264 e. The number of methoxy groups -OCH3 is 2. The summed E-state index contributed by atoms with van der Waals surface area (Å²) < 4.78 is 16.5. The molecule has 3 aliphatic heterocycles. The Balaban J connectivity index is 1.53. The lowest BCUT2D eigenvalue weighted by Crippen LogP contribution is -2.51. The molecule has 2 unspecified atom stereocenters. The Kier molecular flexibility index (Phi) is 5.41. The van der Waals surface area contributed by atoms with Crippen LogP contribution in [0.4, 0.5) is 5.69 Å². The van der Waals surface area contributed by atoms with Crippen LogP contribution in [-0.2, 0) is 9.53 Å². The van der Waals surface area contributed by atoms with Gasteiger partial charge in [-0.05, 0) is 31.0 Å². The fourth-order valence-electron chi connectivity index (χ4n) is 4.83. The second-order valence-electron chi connectivity index (χ2n) is 8.20. The zero-order chi connectivity index (χ0) is 23.1. The number of hydrogen-bond donors (Lipinski definition) is 1. The molecule has 1 N–H and O–H groups in total. The standard InChI is InChI=1S/C24H25N3O6/c1-31-18-10-9-16-20(21(18)32-2)24(30)27-17-8-4-3-7-15(17)23(29)26(22(16)27)13-19(28)25-12-14-6-5-11-33-14/h3-4,7-10,14,22H,5-6,11-13H2,1-2H3,(H,25,28). The molecule has 9 nitrogen and oxygen atoms in total. The fraction of sp³-hybridized carbons (Fsp3) is 0.375. The molecule has 0 radical (unpaired) electrons. The SMILES string of the molecule is COc1ccc2c(c1OC)C(=O)N1c3ccccc3C(=O)N(CC(=O)NCC3CCCO3)C21. The predicted octanol–water partition coefficient (Wildman–Crippen LogP) is 2.11. The van der Waals surface area contributed by atoms with Gasteiger partial charge in [0.15, 0.2) is 11.5 Å². The molecule has 1 saturated heterocycles. The quantitative estimate of drug-likeness (QED) is 0.723. The molecule has 0 aromatic heterocycles. The number of ether oxygens (including phenoxy) is 3. The summed E-state index contributed by atoms with van der Waals surface area (Å²) in [5.74, 6) is -0.198. The third kappa shape index (κ3) is 3.39. The lowest BCUT2D eigenvalue weighted by molar-refractivity contribution is -0.122. The van der Waals surface area contributed by atoms with Crippen LogP contribution in [0.1, 0.15) is 45.3 Å². The maximum absolute atomic E-state index is 13.6. The van der Waals surface area contributed by atoms with Crippen LogP contribution in [0.3, 0.4) is 0 Å². The lowest BCUT2D eigenvalue weighted by Gasteiger charge is -2.40. The Morgan fingerprint density at radius 3 is 2.67 bits per heavy atom. The summed E-state index contributed by atoms with van der Waals surface area (Å²) in [7, 11) is 2.97. The van der Waals surface area contributed by atoms with E-state index in [9.17, 15) is 14.4 Å². The maximum atomic E-state index is 13.6. The Morgan fingerprint density at radius 1 is 1.12 bits per heavy atom. The van der Waals surface area contributed by atoms with E-state index >= 15 is 0 Å². The summed E-state index contributed by atoms with van der Waals surface area (Å²) in [5.41, 5.74) is 1.79. The Hall–Kier alpha value is -3.59. The number of hydrogen-bond acceptors (Lipinski definition) is 6. The zero-order valence-corrected chi connectivity index (χ0v) is 18.5. The van der Waals surface area contributed by atoms with Crippen molar-refractivity contribution >= 4 is 23.4 Å². The van der Waals surface area contributed by atoms with Crippen molar-refractivity contribution in [1.82, 2.24) is 10.2 Å². The molecule has 33 heavy (non-hydrogen) atoms. The minimum Gasteiger partial charge on any atom is -0.493 e. The van der Waals surface area contributed by atoms with Crippen LogP contribution in [0.15, 0.2) is 36.4 Å². The first-order chi connectivity index (χ1) is 16.0. The molecule has 0 saturated carbocycles. The molecule has 3 amide bonds. The lowest BCUT2D eigenvalue weighted by atomic mass is 10.0. The minimum absolute atomic E-state index is 0.00579. The normalized spacial score (nSPS) is 20.9. The number of benzene rings is 2. The van der Waals surface area contributed by atoms with Crippen LogP contribution in [0.5, 0.6) is 11.5 Å². The maximum Gasteiger partial charge on any atom is 0.264 e. The van der Waals surface area contributed by atoms with Crippen molar-refractivity contribution in [3.63, 3.8) is 0 Å². The Morgan fingerprint density at radius 2 is 1.94 bits per heavy atom. The summed E-state index contributed by atoms with van der Waals surface area (Å²) >= 11 is 0. The summed E-state index contributed by atoms with van der Waals surface area (Å²) in [4.78, 5) is 42.9. The van der Waals surface area contributed by atoms with Gasteiger partial charge < -0.3 is 24.4 Å². The topological polar surface area (TPSA) is 97.4 Å². The van der Waals surface area contributed by atoms with E-state index in [2.05, 4.69) is 5.32 Å². The number of carbonyl (C=O) groups excluding carboxylic acids is 3. The van der Waals surface area contributed by atoms with Gasteiger partial charge in [-0.15, -0.1) is 0 Å². The van der Waals surface area contributed by atoms with Gasteiger partial charge in [0.1, 0.15) is 12.7 Å². The van der Waals surface area contributed by atoms with Gasteiger partial charge >= 0.3 is 0 Å². The summed E-state index contributed by atoms with van der Waals surface area (Å²) in [6.45, 7) is 0.900. The molecular weight excluding hydrogens is 426 g/mol. The van der Waals surface area contributed by atoms with Gasteiger partial charge in [0, 0.05) is 18.7 Å². The molecule has 5 rings (SSSR count). The molecule has 1 fully saturated rings. The number of fused-ring (bicyclic) bond motifs is 5. The van der Waals surface area contributed by atoms with Crippen molar-refractivity contribution in [2.24, 2.45) is 0 Å². The van der Waals surface area contributed by atoms with Gasteiger partial charge in [0.25, 0.3) is 11.8 Å². The second kappa shape index (κ2) is 8.40. The summed E-state index contributed by atoms with van der Waals surface area (Å²) in [5, 5.41) is 2.87. The molecule has 0 spiro atoms. The zero-order valence-electron chi connectivity index (χ0n) is 18.5. The van der Waals surface area contributed by atoms with Gasteiger partial charge in [-0.25, -0.2) is 0 Å². The number of carbonyl (C=O) groups is 3. The van der Waals surface area contributed by atoms with Crippen molar-refractivity contribution in [1.29, 1.82) is 0 Å². The average molecular weight is 451 g/mol. The number of amides is 3. The molecule has 3 aliphatic rings. The Labute approximate surface area is 191 Å². The largest absolute Gasteiger partial charge is 0.493 e. The van der Waals surface area contributed by atoms with Crippen molar-refractivity contribution in [2.45, 2.75) is 25.1 Å². The van der Waals surface area contributed by atoms with Crippen LogP contribution in [0, 0.1) is 0 Å². The van der Waals surface area contributed by atoms with Crippen LogP contribution in [0.25, 0.3) is 0 Å². The molecular formula is C24H25N3O6. The molecule has 2 atom stereocenters. The molecule has 0 bridgehead atoms. The van der Waals surface area contributed by atoms with E-state index in [1.165, 1.54) is 19.1 Å². The number of para-hydroxylation sites is 1. The third-order valence-electron chi connectivity index (χ3n) is 6.35. The first kappa shape index (κ1) is 21.3. The highest BCUT2D eigenvalue weighted by Crippen LogP contribution is 2.49. The van der Waals surface area contributed by atoms with Gasteiger partial charge in [-0.2, -0.15) is 0 Å². The molecule has 172 valence electrons. The molecule has 2 aromatic carbocycles. The van der Waals surface area contributed by atoms with E-state index in [0.29, 0.717) is 47.0 Å². The van der Waals surface area contributed by atoms with Crippen LogP contribution in [0.2, 0.25) is 0 Å². The van der Waals surface area contributed by atoms with Gasteiger partial charge in [0.05, 0.1) is 37.1 Å². The number of nitrogens with zero attached hydrogens (tertiary/aromatic N) is 2. The molecule has 0 aliphatic carbocycles. The highest BCUT2D eigenvalue weighted by molar-refractivity contribution is 6.18. The van der Waals surface area contributed by atoms with E-state index in [4.69, 9.17) is 14.2 Å². The van der Waals surface area contributed by atoms with Crippen molar-refractivity contribution in [3.05, 3.63) is 53.1 Å². The van der Waals surface area contributed by atoms with E-state index in [-0.39, 0.29) is 30.4 Å². The van der Waals surface area contributed by atoms with E-state index in [1.807, 2.05) is 0 Å². The van der Waals surface area contributed by atoms with Crippen molar-refractivity contribution in [2.75, 3.05) is 38.8 Å². The highest BCUT2D eigenvalue weighted by atomic mass is 16.5. The van der Waals surface area contributed by atoms with Gasteiger partial charge in [0.2, 0.25) is 5.91 Å². The summed E-state index contributed by atoms with van der Waals surface area (Å²) in [6, 6.07) is 10.4. The van der Waals surface area contributed by atoms with E-state index in [0.717, 1.165) is 12.8 Å². The number of nitrogens with one attached hydrogen (secondary N) is 1. The first-order valence-electron chi connectivity index (χ1n) is 10.9. The molecule has 2 aromatic rings. The third-order valence-corrected chi connectivity index (χ3v) is 6.35. The predicted molar refractivity (Wildman–Crippen MR) is 119 cm³/mol. The van der Waals surface area contributed by atoms with Crippen molar-refractivity contribution in [3.8, 4) is 11.5 Å². The molecule has 9 heteroatoms. The van der Waals surface area contributed by atoms with Crippen LogP contribution in [-0.4, -0.2) is 62.6 Å². The minimum atomic E-state index is -0.761. The fourth-order valence-corrected chi connectivity index (χ4v) is 4.83. The molecule has 3 heterocycles. The monoisotopic (exact) mass is 451 g/mol.